The lowest BCUT2D eigenvalue weighted by molar-refractivity contribution is 0.141. The van der Waals surface area contributed by atoms with E-state index in [0.717, 1.165) is 19.6 Å². The maximum atomic E-state index is 8.42. The number of nitriles is 1. The number of ether oxygens (including phenoxy) is 1. The Labute approximate surface area is 54.6 Å². The number of rotatable bonds is 0. The minimum absolute atomic E-state index is 0.0903. The highest BCUT2D eigenvalue weighted by atomic mass is 16.5. The summed E-state index contributed by atoms with van der Waals surface area (Å²) in [5.74, 6) is 0. The van der Waals surface area contributed by atoms with Crippen LogP contribution < -0.4 is 5.32 Å². The first-order valence-electron chi connectivity index (χ1n) is 3.14. The summed E-state index contributed by atoms with van der Waals surface area (Å²) in [6, 6.07) is 2.02. The molecule has 0 aromatic heterocycles. The molecule has 1 saturated heterocycles. The molecule has 1 aliphatic heterocycles. The second-order valence-corrected chi connectivity index (χ2v) is 2.06. The molecule has 0 aliphatic carbocycles. The third-order valence-corrected chi connectivity index (χ3v) is 1.30. The van der Waals surface area contributed by atoms with E-state index in [9.17, 15) is 0 Å². The van der Waals surface area contributed by atoms with Crippen molar-refractivity contribution in [1.29, 1.82) is 5.26 Å². The minimum atomic E-state index is -0.0903. The Hall–Kier alpha value is -0.590. The topological polar surface area (TPSA) is 45.0 Å². The van der Waals surface area contributed by atoms with Crippen LogP contribution in [0, 0.1) is 11.3 Å². The highest BCUT2D eigenvalue weighted by molar-refractivity contribution is 4.90. The number of nitrogens with zero attached hydrogens (tertiary/aromatic N) is 1. The van der Waals surface area contributed by atoms with Crippen LogP contribution in [0.4, 0.5) is 0 Å². The highest BCUT2D eigenvalue weighted by Gasteiger charge is 2.08. The number of nitrogens with one attached hydrogen (secondary N) is 1. The summed E-state index contributed by atoms with van der Waals surface area (Å²) < 4.78 is 5.11. The Bertz CT molecular complexity index is 111. The van der Waals surface area contributed by atoms with Crippen LogP contribution in [0.2, 0.25) is 0 Å². The van der Waals surface area contributed by atoms with Crippen molar-refractivity contribution in [2.75, 3.05) is 19.8 Å². The predicted octanol–water partition coefficient (Wildman–Crippen LogP) is -0.112. The summed E-state index contributed by atoms with van der Waals surface area (Å²) in [5.41, 5.74) is 0. The zero-order valence-electron chi connectivity index (χ0n) is 5.26. The van der Waals surface area contributed by atoms with Gasteiger partial charge in [-0.25, -0.2) is 0 Å². The van der Waals surface area contributed by atoms with Crippen LogP contribution in [0.15, 0.2) is 0 Å². The molecule has 3 nitrogen and oxygen atoms in total. The Morgan fingerprint density at radius 1 is 1.67 bits per heavy atom. The van der Waals surface area contributed by atoms with Gasteiger partial charge in [-0.2, -0.15) is 5.26 Å². The van der Waals surface area contributed by atoms with Crippen LogP contribution in [0.5, 0.6) is 0 Å². The summed E-state index contributed by atoms with van der Waals surface area (Å²) in [5, 5.41) is 11.5. The van der Waals surface area contributed by atoms with E-state index in [1.165, 1.54) is 0 Å². The lowest BCUT2D eigenvalue weighted by atomic mass is 10.3. The lowest BCUT2D eigenvalue weighted by Crippen LogP contribution is -2.29. The normalized spacial score (nSPS) is 28.6. The van der Waals surface area contributed by atoms with Crippen molar-refractivity contribution >= 4 is 0 Å². The summed E-state index contributed by atoms with van der Waals surface area (Å²) in [6.07, 6.45) is 1.01. The molecule has 1 atom stereocenters. The maximum absolute atomic E-state index is 8.42. The van der Waals surface area contributed by atoms with Crippen molar-refractivity contribution in [2.24, 2.45) is 0 Å². The van der Waals surface area contributed by atoms with Crippen molar-refractivity contribution in [1.82, 2.24) is 5.32 Å². The molecule has 50 valence electrons. The molecule has 0 saturated carbocycles. The van der Waals surface area contributed by atoms with E-state index in [-0.39, 0.29) is 6.04 Å². The van der Waals surface area contributed by atoms with Gasteiger partial charge in [0.1, 0.15) is 6.04 Å². The first-order valence-corrected chi connectivity index (χ1v) is 3.14. The molecular weight excluding hydrogens is 116 g/mol. The molecule has 1 fully saturated rings. The molecule has 9 heavy (non-hydrogen) atoms. The predicted molar refractivity (Wildman–Crippen MR) is 32.8 cm³/mol. The minimum Gasteiger partial charge on any atom is -0.379 e. The van der Waals surface area contributed by atoms with E-state index in [4.69, 9.17) is 10.00 Å². The molecule has 0 aromatic rings. The van der Waals surface area contributed by atoms with Crippen molar-refractivity contribution < 1.29 is 4.74 Å². The van der Waals surface area contributed by atoms with Crippen LogP contribution in [0.25, 0.3) is 0 Å². The van der Waals surface area contributed by atoms with E-state index in [0.29, 0.717) is 6.61 Å². The fourth-order valence-corrected chi connectivity index (χ4v) is 0.794. The Morgan fingerprint density at radius 3 is 3.33 bits per heavy atom. The largest absolute Gasteiger partial charge is 0.379 e. The van der Waals surface area contributed by atoms with Crippen LogP contribution in [0.3, 0.4) is 0 Å². The standard InChI is InChI=1S/C6H10N2O/c7-4-6-5-9-3-1-2-8-6/h6,8H,1-3,5H2/t6-/m0/s1. The lowest BCUT2D eigenvalue weighted by Gasteiger charge is -2.02. The van der Waals surface area contributed by atoms with Crippen molar-refractivity contribution in [3.63, 3.8) is 0 Å². The molecule has 0 bridgehead atoms. The van der Waals surface area contributed by atoms with Gasteiger partial charge in [-0.15, -0.1) is 0 Å². The molecule has 0 unspecified atom stereocenters. The van der Waals surface area contributed by atoms with Gasteiger partial charge in [0, 0.05) is 6.61 Å². The van der Waals surface area contributed by atoms with Gasteiger partial charge in [0.05, 0.1) is 12.7 Å². The number of hydrogen-bond donors (Lipinski definition) is 1. The van der Waals surface area contributed by atoms with Crippen LogP contribution in [-0.2, 0) is 4.74 Å². The summed E-state index contributed by atoms with van der Waals surface area (Å²) in [6.45, 7) is 2.22. The molecular formula is C6H10N2O. The van der Waals surface area contributed by atoms with Gasteiger partial charge in [0.2, 0.25) is 0 Å². The van der Waals surface area contributed by atoms with Crippen molar-refractivity contribution in [2.45, 2.75) is 12.5 Å². The first-order chi connectivity index (χ1) is 4.43. The van der Waals surface area contributed by atoms with Gasteiger partial charge in [0.15, 0.2) is 0 Å². The third-order valence-electron chi connectivity index (χ3n) is 1.30. The Morgan fingerprint density at radius 2 is 2.56 bits per heavy atom. The van der Waals surface area contributed by atoms with Crippen LogP contribution >= 0.6 is 0 Å². The molecule has 3 heteroatoms. The van der Waals surface area contributed by atoms with Gasteiger partial charge in [-0.05, 0) is 13.0 Å². The second-order valence-electron chi connectivity index (χ2n) is 2.06. The van der Waals surface area contributed by atoms with E-state index in [1.54, 1.807) is 0 Å². The van der Waals surface area contributed by atoms with Crippen LogP contribution in [0.1, 0.15) is 6.42 Å². The molecule has 1 aliphatic rings. The average Bonchev–Trinajstić information content (AvgIpc) is 2.13. The third kappa shape index (κ3) is 2.00. The fraction of sp³-hybridized carbons (Fsp3) is 0.833. The van der Waals surface area contributed by atoms with E-state index in [2.05, 4.69) is 11.4 Å². The SMILES string of the molecule is N#C[C@H]1COCCCN1. The molecule has 0 spiro atoms. The second kappa shape index (κ2) is 3.44. The quantitative estimate of drug-likeness (QED) is 0.492. The molecule has 0 amide bonds. The maximum Gasteiger partial charge on any atom is 0.119 e. The molecule has 0 radical (unpaired) electrons. The van der Waals surface area contributed by atoms with Gasteiger partial charge < -0.3 is 4.74 Å². The Balaban J connectivity index is 2.29. The van der Waals surface area contributed by atoms with Gasteiger partial charge in [0.25, 0.3) is 0 Å². The summed E-state index contributed by atoms with van der Waals surface area (Å²) in [7, 11) is 0. The Kier molecular flexibility index (Phi) is 2.49. The van der Waals surface area contributed by atoms with E-state index < -0.39 is 0 Å². The van der Waals surface area contributed by atoms with Gasteiger partial charge in [-0.3, -0.25) is 5.32 Å². The fourth-order valence-electron chi connectivity index (χ4n) is 0.794. The van der Waals surface area contributed by atoms with Crippen molar-refractivity contribution in [3.8, 4) is 6.07 Å². The zero-order valence-corrected chi connectivity index (χ0v) is 5.26. The average molecular weight is 126 g/mol. The molecule has 1 rings (SSSR count). The van der Waals surface area contributed by atoms with Crippen molar-refractivity contribution in [3.05, 3.63) is 0 Å². The monoisotopic (exact) mass is 126 g/mol. The number of hydrogen-bond acceptors (Lipinski definition) is 3. The van der Waals surface area contributed by atoms with E-state index in [1.807, 2.05) is 0 Å². The molecule has 0 aromatic carbocycles. The summed E-state index contributed by atoms with van der Waals surface area (Å²) >= 11 is 0. The smallest absolute Gasteiger partial charge is 0.119 e. The van der Waals surface area contributed by atoms with Crippen LogP contribution in [-0.4, -0.2) is 25.8 Å². The van der Waals surface area contributed by atoms with E-state index >= 15 is 0 Å². The highest BCUT2D eigenvalue weighted by Crippen LogP contribution is 1.92. The summed E-state index contributed by atoms with van der Waals surface area (Å²) in [4.78, 5) is 0. The molecule has 1 heterocycles. The zero-order chi connectivity index (χ0) is 6.53. The molecule has 1 N–H and O–H groups in total. The first kappa shape index (κ1) is 6.53. The van der Waals surface area contributed by atoms with Gasteiger partial charge >= 0.3 is 0 Å². The van der Waals surface area contributed by atoms with Gasteiger partial charge in [-0.1, -0.05) is 0 Å².